The van der Waals surface area contributed by atoms with Crippen LogP contribution in [0.1, 0.15) is 26.2 Å². The van der Waals surface area contributed by atoms with E-state index in [1.165, 1.54) is 19.1 Å². The van der Waals surface area contributed by atoms with Crippen molar-refractivity contribution in [1.29, 1.82) is 0 Å². The highest BCUT2D eigenvalue weighted by Gasteiger charge is 2.53. The standard InChI is InChI=1S/C13H20BrNO6/c1-4-5-6-21-12(18)15-8-13(14,11(17)20-3)7-9(15)10(16)19-2/h9H,4-8H2,1-3H3/t9-,13+/m0/s1. The zero-order valence-corrected chi connectivity index (χ0v) is 14.0. The normalized spacial score (nSPS) is 24.6. The summed E-state index contributed by atoms with van der Waals surface area (Å²) in [5.41, 5.74) is 0. The van der Waals surface area contributed by atoms with E-state index in [-0.39, 0.29) is 19.6 Å². The first kappa shape index (κ1) is 17.7. The molecule has 1 heterocycles. The lowest BCUT2D eigenvalue weighted by Crippen LogP contribution is -2.42. The summed E-state index contributed by atoms with van der Waals surface area (Å²) in [7, 11) is 2.48. The number of halogens is 1. The summed E-state index contributed by atoms with van der Waals surface area (Å²) in [6.45, 7) is 2.24. The van der Waals surface area contributed by atoms with Crippen LogP contribution in [0.25, 0.3) is 0 Å². The molecule has 120 valence electrons. The molecular formula is C13H20BrNO6. The molecule has 0 unspecified atom stereocenters. The first-order valence-corrected chi connectivity index (χ1v) is 7.47. The Bertz CT molecular complexity index is 415. The summed E-state index contributed by atoms with van der Waals surface area (Å²) in [4.78, 5) is 36.9. The van der Waals surface area contributed by atoms with Crippen molar-refractivity contribution in [3.05, 3.63) is 0 Å². The van der Waals surface area contributed by atoms with E-state index in [1.807, 2.05) is 6.92 Å². The smallest absolute Gasteiger partial charge is 0.410 e. The van der Waals surface area contributed by atoms with Crippen LogP contribution in [-0.2, 0) is 23.8 Å². The molecule has 1 amide bonds. The van der Waals surface area contributed by atoms with Crippen LogP contribution in [0.4, 0.5) is 4.79 Å². The van der Waals surface area contributed by atoms with E-state index in [0.29, 0.717) is 0 Å². The molecule has 0 aliphatic carbocycles. The number of amides is 1. The van der Waals surface area contributed by atoms with Crippen molar-refractivity contribution < 1.29 is 28.6 Å². The summed E-state index contributed by atoms with van der Waals surface area (Å²) in [6.07, 6.45) is 1.07. The molecule has 1 rings (SSSR count). The average Bonchev–Trinajstić information content (AvgIpc) is 2.85. The molecular weight excluding hydrogens is 346 g/mol. The van der Waals surface area contributed by atoms with E-state index in [4.69, 9.17) is 9.47 Å². The predicted octanol–water partition coefficient (Wildman–Crippen LogP) is 1.48. The number of hydrogen-bond acceptors (Lipinski definition) is 6. The van der Waals surface area contributed by atoms with Crippen molar-refractivity contribution in [1.82, 2.24) is 4.90 Å². The number of hydrogen-bond donors (Lipinski definition) is 0. The first-order valence-electron chi connectivity index (χ1n) is 6.68. The summed E-state index contributed by atoms with van der Waals surface area (Å²) >= 11 is 3.27. The molecule has 7 nitrogen and oxygen atoms in total. The van der Waals surface area contributed by atoms with Gasteiger partial charge in [-0.3, -0.25) is 9.69 Å². The Morgan fingerprint density at radius 3 is 2.48 bits per heavy atom. The number of carbonyl (C=O) groups excluding carboxylic acids is 3. The fraction of sp³-hybridized carbons (Fsp3) is 0.769. The predicted molar refractivity (Wildman–Crippen MR) is 77.1 cm³/mol. The van der Waals surface area contributed by atoms with Crippen LogP contribution >= 0.6 is 15.9 Å². The molecule has 0 aromatic rings. The molecule has 0 N–H and O–H groups in total. The second-order valence-electron chi connectivity index (χ2n) is 4.80. The maximum absolute atomic E-state index is 12.1. The van der Waals surface area contributed by atoms with Gasteiger partial charge in [-0.2, -0.15) is 0 Å². The zero-order valence-electron chi connectivity index (χ0n) is 12.4. The highest BCUT2D eigenvalue weighted by Crippen LogP contribution is 2.36. The topological polar surface area (TPSA) is 82.1 Å². The van der Waals surface area contributed by atoms with Crippen molar-refractivity contribution in [2.75, 3.05) is 27.4 Å². The number of alkyl halides is 1. The highest BCUT2D eigenvalue weighted by atomic mass is 79.9. The number of methoxy groups -OCH3 is 2. The molecule has 1 saturated heterocycles. The van der Waals surface area contributed by atoms with Crippen LogP contribution in [0.2, 0.25) is 0 Å². The minimum atomic E-state index is -1.12. The van der Waals surface area contributed by atoms with E-state index in [1.54, 1.807) is 0 Å². The van der Waals surface area contributed by atoms with Crippen LogP contribution in [0.15, 0.2) is 0 Å². The number of esters is 2. The summed E-state index contributed by atoms with van der Waals surface area (Å²) < 4.78 is 13.4. The van der Waals surface area contributed by atoms with Gasteiger partial charge in [0.15, 0.2) is 0 Å². The molecule has 1 aliphatic rings. The third kappa shape index (κ3) is 4.09. The number of ether oxygens (including phenoxy) is 3. The van der Waals surface area contributed by atoms with Gasteiger partial charge in [0.25, 0.3) is 0 Å². The van der Waals surface area contributed by atoms with Gasteiger partial charge in [-0.25, -0.2) is 9.59 Å². The highest BCUT2D eigenvalue weighted by molar-refractivity contribution is 9.10. The third-order valence-corrected chi connectivity index (χ3v) is 4.19. The number of nitrogens with zero attached hydrogens (tertiary/aromatic N) is 1. The van der Waals surface area contributed by atoms with Gasteiger partial charge >= 0.3 is 18.0 Å². The maximum atomic E-state index is 12.1. The summed E-state index contributed by atoms with van der Waals surface area (Å²) in [5.74, 6) is -1.13. The average molecular weight is 366 g/mol. The fourth-order valence-corrected chi connectivity index (χ4v) is 2.86. The minimum absolute atomic E-state index is 0.00953. The lowest BCUT2D eigenvalue weighted by atomic mass is 10.1. The van der Waals surface area contributed by atoms with Gasteiger partial charge < -0.3 is 14.2 Å². The van der Waals surface area contributed by atoms with Crippen LogP contribution < -0.4 is 0 Å². The van der Waals surface area contributed by atoms with Crippen molar-refractivity contribution >= 4 is 34.0 Å². The van der Waals surface area contributed by atoms with Gasteiger partial charge in [-0.1, -0.05) is 29.3 Å². The van der Waals surface area contributed by atoms with Crippen molar-refractivity contribution in [2.24, 2.45) is 0 Å². The summed E-state index contributed by atoms with van der Waals surface area (Å²) in [6, 6.07) is -0.873. The molecule has 0 aromatic heterocycles. The Hall–Kier alpha value is -1.31. The van der Waals surface area contributed by atoms with Crippen LogP contribution in [-0.4, -0.2) is 60.7 Å². The lowest BCUT2D eigenvalue weighted by Gasteiger charge is -2.22. The van der Waals surface area contributed by atoms with E-state index < -0.39 is 28.4 Å². The molecule has 8 heteroatoms. The molecule has 1 aliphatic heterocycles. The van der Waals surface area contributed by atoms with E-state index in [9.17, 15) is 14.4 Å². The number of unbranched alkanes of at least 4 members (excludes halogenated alkanes) is 1. The van der Waals surface area contributed by atoms with Gasteiger partial charge in [0.2, 0.25) is 0 Å². The van der Waals surface area contributed by atoms with Crippen LogP contribution in [0.3, 0.4) is 0 Å². The minimum Gasteiger partial charge on any atom is -0.468 e. The SMILES string of the molecule is CCCCOC(=O)N1C[C@@](Br)(C(=O)OC)C[C@H]1C(=O)OC. The molecule has 0 bridgehead atoms. The number of carbonyl (C=O) groups is 3. The molecule has 0 spiro atoms. The maximum Gasteiger partial charge on any atom is 0.410 e. The summed E-state index contributed by atoms with van der Waals surface area (Å²) in [5, 5.41) is 0. The van der Waals surface area contributed by atoms with Crippen molar-refractivity contribution in [3.63, 3.8) is 0 Å². The Morgan fingerprint density at radius 1 is 1.29 bits per heavy atom. The second kappa shape index (κ2) is 7.63. The molecule has 1 fully saturated rings. The monoisotopic (exact) mass is 365 g/mol. The molecule has 21 heavy (non-hydrogen) atoms. The van der Waals surface area contributed by atoms with Crippen molar-refractivity contribution in [2.45, 2.75) is 36.6 Å². The second-order valence-corrected chi connectivity index (χ2v) is 6.31. The van der Waals surface area contributed by atoms with E-state index in [0.717, 1.165) is 12.8 Å². The van der Waals surface area contributed by atoms with E-state index in [2.05, 4.69) is 20.7 Å². The molecule has 0 aromatic carbocycles. The Balaban J connectivity index is 2.85. The van der Waals surface area contributed by atoms with Gasteiger partial charge in [-0.15, -0.1) is 0 Å². The van der Waals surface area contributed by atoms with Gasteiger partial charge in [0, 0.05) is 6.42 Å². The Kier molecular flexibility index (Phi) is 6.44. The lowest BCUT2D eigenvalue weighted by molar-refractivity contribution is -0.145. The van der Waals surface area contributed by atoms with Gasteiger partial charge in [0.1, 0.15) is 10.4 Å². The van der Waals surface area contributed by atoms with Crippen LogP contribution in [0, 0.1) is 0 Å². The van der Waals surface area contributed by atoms with Crippen molar-refractivity contribution in [3.8, 4) is 0 Å². The molecule has 0 radical (unpaired) electrons. The molecule has 0 saturated carbocycles. The van der Waals surface area contributed by atoms with Crippen LogP contribution in [0.5, 0.6) is 0 Å². The third-order valence-electron chi connectivity index (χ3n) is 3.30. The quantitative estimate of drug-likeness (QED) is 0.317. The van der Waals surface area contributed by atoms with Gasteiger partial charge in [0.05, 0.1) is 27.4 Å². The number of rotatable bonds is 5. The number of likely N-dealkylation sites (tertiary alicyclic amines) is 1. The Labute approximate surface area is 132 Å². The van der Waals surface area contributed by atoms with E-state index >= 15 is 0 Å². The molecule has 2 atom stereocenters. The van der Waals surface area contributed by atoms with Gasteiger partial charge in [-0.05, 0) is 6.42 Å². The first-order chi connectivity index (χ1) is 9.89. The largest absolute Gasteiger partial charge is 0.468 e. The fourth-order valence-electron chi connectivity index (χ4n) is 2.12. The Morgan fingerprint density at radius 2 is 1.95 bits per heavy atom. The zero-order chi connectivity index (χ0) is 16.0.